The lowest BCUT2D eigenvalue weighted by molar-refractivity contribution is -0.116. The molecule has 0 unspecified atom stereocenters. The molecule has 88 valence electrons. The third-order valence-electron chi connectivity index (χ3n) is 1.91. The van der Waals surface area contributed by atoms with E-state index in [2.05, 4.69) is 54.0 Å². The van der Waals surface area contributed by atoms with Gasteiger partial charge in [-0.3, -0.25) is 4.79 Å². The molecule has 0 aromatic heterocycles. The lowest BCUT2D eigenvalue weighted by Crippen LogP contribution is -2.19. The van der Waals surface area contributed by atoms with Gasteiger partial charge in [-0.25, -0.2) is 0 Å². The number of carbonyl (C=O) groups is 1. The normalized spacial score (nSPS) is 18.0. The van der Waals surface area contributed by atoms with Crippen molar-refractivity contribution in [3.8, 4) is 0 Å². The van der Waals surface area contributed by atoms with Gasteiger partial charge in [0.05, 0.1) is 12.0 Å². The zero-order chi connectivity index (χ0) is 12.3. The smallest absolute Gasteiger partial charge is 0.236 e. The molecule has 0 saturated carbocycles. The van der Waals surface area contributed by atoms with E-state index in [0.29, 0.717) is 10.9 Å². The average molecular weight is 424 g/mol. The van der Waals surface area contributed by atoms with Crippen molar-refractivity contribution in [2.45, 2.75) is 0 Å². The van der Waals surface area contributed by atoms with E-state index in [1.165, 1.54) is 11.8 Å². The van der Waals surface area contributed by atoms with Gasteiger partial charge in [-0.15, -0.1) is 5.10 Å². The van der Waals surface area contributed by atoms with E-state index in [-0.39, 0.29) is 5.91 Å². The van der Waals surface area contributed by atoms with Crippen molar-refractivity contribution >= 4 is 67.6 Å². The first-order chi connectivity index (χ1) is 8.16. The van der Waals surface area contributed by atoms with Crippen LogP contribution in [0.2, 0.25) is 0 Å². The Morgan fingerprint density at radius 1 is 1.53 bits per heavy atom. The van der Waals surface area contributed by atoms with Gasteiger partial charge in [-0.05, 0) is 44.6 Å². The topological polar surface area (TPSA) is 53.8 Å². The molecule has 1 aliphatic heterocycles. The fourth-order valence-electron chi connectivity index (χ4n) is 1.14. The second kappa shape index (κ2) is 5.96. The number of halogens is 2. The van der Waals surface area contributed by atoms with Gasteiger partial charge in [0.1, 0.15) is 0 Å². The average Bonchev–Trinajstić information content (AvgIpc) is 2.70. The van der Waals surface area contributed by atoms with E-state index in [1.54, 1.807) is 6.21 Å². The first-order valence-electron chi connectivity index (χ1n) is 4.64. The van der Waals surface area contributed by atoms with E-state index >= 15 is 0 Å². The Hall–Kier alpha value is -0.410. The molecule has 1 aromatic carbocycles. The minimum atomic E-state index is -0.0283. The molecule has 4 nitrogen and oxygen atoms in total. The molecular formula is C10H7BrIN3OS. The highest BCUT2D eigenvalue weighted by Crippen LogP contribution is 2.22. The lowest BCUT2D eigenvalue weighted by atomic mass is 10.2. The van der Waals surface area contributed by atoms with E-state index in [0.717, 1.165) is 13.6 Å². The molecule has 1 aromatic rings. The van der Waals surface area contributed by atoms with Crippen molar-refractivity contribution in [2.75, 3.05) is 5.75 Å². The highest BCUT2D eigenvalue weighted by atomic mass is 127. The van der Waals surface area contributed by atoms with Crippen LogP contribution < -0.4 is 5.32 Å². The Morgan fingerprint density at radius 2 is 2.35 bits per heavy atom. The van der Waals surface area contributed by atoms with Crippen molar-refractivity contribution in [3.05, 3.63) is 31.8 Å². The number of benzene rings is 1. The summed E-state index contributed by atoms with van der Waals surface area (Å²) in [4.78, 5) is 10.9. The summed E-state index contributed by atoms with van der Waals surface area (Å²) in [6.07, 6.45) is 1.66. The van der Waals surface area contributed by atoms with Gasteiger partial charge < -0.3 is 5.32 Å². The number of hydrogen-bond donors (Lipinski definition) is 1. The van der Waals surface area contributed by atoms with Crippen LogP contribution in [0, 0.1) is 3.57 Å². The van der Waals surface area contributed by atoms with Crippen molar-refractivity contribution in [2.24, 2.45) is 10.2 Å². The van der Waals surface area contributed by atoms with Crippen LogP contribution in [0.1, 0.15) is 5.56 Å². The molecular weight excluding hydrogens is 417 g/mol. The fraction of sp³-hybridized carbons (Fsp3) is 0.100. The van der Waals surface area contributed by atoms with Gasteiger partial charge in [-0.2, -0.15) is 5.10 Å². The SMILES string of the molecule is O=C1CSC(=NN=Cc2cccc(I)c2Br)N1. The maximum absolute atomic E-state index is 10.9. The monoisotopic (exact) mass is 423 g/mol. The summed E-state index contributed by atoms with van der Waals surface area (Å²) in [5, 5.41) is 11.0. The zero-order valence-corrected chi connectivity index (χ0v) is 13.0. The Labute approximate surface area is 125 Å². The quantitative estimate of drug-likeness (QED) is 0.451. The summed E-state index contributed by atoms with van der Waals surface area (Å²) in [6, 6.07) is 5.89. The molecule has 2 rings (SSSR count). The third kappa shape index (κ3) is 3.52. The number of nitrogens with zero attached hydrogens (tertiary/aromatic N) is 2. The maximum atomic E-state index is 10.9. The second-order valence-corrected chi connectivity index (χ2v) is 6.05. The van der Waals surface area contributed by atoms with Crippen LogP contribution in [0.4, 0.5) is 0 Å². The Balaban J connectivity index is 2.11. The number of carbonyl (C=O) groups excluding carboxylic acids is 1. The molecule has 1 heterocycles. The Kier molecular flexibility index (Phi) is 4.57. The summed E-state index contributed by atoms with van der Waals surface area (Å²) in [5.41, 5.74) is 0.954. The van der Waals surface area contributed by atoms with Crippen LogP contribution in [0.5, 0.6) is 0 Å². The van der Waals surface area contributed by atoms with Crippen molar-refractivity contribution in [3.63, 3.8) is 0 Å². The summed E-state index contributed by atoms with van der Waals surface area (Å²) < 4.78 is 2.11. The predicted molar refractivity (Wildman–Crippen MR) is 82.5 cm³/mol. The second-order valence-electron chi connectivity index (χ2n) is 3.13. The Bertz CT molecular complexity index is 518. The van der Waals surface area contributed by atoms with Gasteiger partial charge in [0.2, 0.25) is 5.91 Å². The Morgan fingerprint density at radius 3 is 3.06 bits per heavy atom. The van der Waals surface area contributed by atoms with Gasteiger partial charge in [0.25, 0.3) is 0 Å². The summed E-state index contributed by atoms with van der Waals surface area (Å²) in [5.74, 6) is 0.390. The number of nitrogens with one attached hydrogen (secondary N) is 1. The summed E-state index contributed by atoms with van der Waals surface area (Å²) >= 11 is 7.07. The number of hydrogen-bond acceptors (Lipinski definition) is 4. The fourth-order valence-corrected chi connectivity index (χ4v) is 2.66. The minimum Gasteiger partial charge on any atom is -0.303 e. The molecule has 1 fully saturated rings. The number of rotatable bonds is 2. The molecule has 1 saturated heterocycles. The van der Waals surface area contributed by atoms with E-state index in [4.69, 9.17) is 0 Å². The van der Waals surface area contributed by atoms with Gasteiger partial charge in [0.15, 0.2) is 5.17 Å². The molecule has 17 heavy (non-hydrogen) atoms. The van der Waals surface area contributed by atoms with Gasteiger partial charge in [-0.1, -0.05) is 23.9 Å². The van der Waals surface area contributed by atoms with Crippen molar-refractivity contribution < 1.29 is 4.79 Å². The predicted octanol–water partition coefficient (Wildman–Crippen LogP) is 2.61. The molecule has 1 amide bonds. The first-order valence-corrected chi connectivity index (χ1v) is 7.50. The zero-order valence-electron chi connectivity index (χ0n) is 8.48. The lowest BCUT2D eigenvalue weighted by Gasteiger charge is -1.98. The summed E-state index contributed by atoms with van der Waals surface area (Å²) in [6.45, 7) is 0. The summed E-state index contributed by atoms with van der Waals surface area (Å²) in [7, 11) is 0. The number of thioether (sulfide) groups is 1. The van der Waals surface area contributed by atoms with Gasteiger partial charge >= 0.3 is 0 Å². The molecule has 0 radical (unpaired) electrons. The molecule has 0 aliphatic carbocycles. The van der Waals surface area contributed by atoms with Crippen LogP contribution in [0.15, 0.2) is 32.9 Å². The first kappa shape index (κ1) is 13.0. The molecule has 7 heteroatoms. The van der Waals surface area contributed by atoms with E-state index < -0.39 is 0 Å². The molecule has 0 bridgehead atoms. The van der Waals surface area contributed by atoms with Crippen LogP contribution in [0.3, 0.4) is 0 Å². The number of amidine groups is 1. The van der Waals surface area contributed by atoms with Crippen LogP contribution in [0.25, 0.3) is 0 Å². The highest BCUT2D eigenvalue weighted by Gasteiger charge is 2.15. The van der Waals surface area contributed by atoms with Crippen molar-refractivity contribution in [1.29, 1.82) is 0 Å². The standard InChI is InChI=1S/C10H7BrIN3OS/c11-9-6(2-1-3-7(9)12)4-13-15-10-14-8(16)5-17-10/h1-4H,5H2,(H,14,15,16). The van der Waals surface area contributed by atoms with E-state index in [9.17, 15) is 4.79 Å². The van der Waals surface area contributed by atoms with Crippen molar-refractivity contribution in [1.82, 2.24) is 5.32 Å². The van der Waals surface area contributed by atoms with Crippen LogP contribution in [-0.4, -0.2) is 23.0 Å². The highest BCUT2D eigenvalue weighted by molar-refractivity contribution is 14.1. The van der Waals surface area contributed by atoms with Gasteiger partial charge in [0, 0.05) is 13.6 Å². The minimum absolute atomic E-state index is 0.0283. The molecule has 1 N–H and O–H groups in total. The number of amides is 1. The molecule has 1 aliphatic rings. The molecule has 0 spiro atoms. The largest absolute Gasteiger partial charge is 0.303 e. The maximum Gasteiger partial charge on any atom is 0.236 e. The van der Waals surface area contributed by atoms with E-state index in [1.807, 2.05) is 18.2 Å². The third-order valence-corrected chi connectivity index (χ3v) is 5.30. The van der Waals surface area contributed by atoms with Crippen LogP contribution >= 0.6 is 50.3 Å². The van der Waals surface area contributed by atoms with Crippen LogP contribution in [-0.2, 0) is 4.79 Å². The molecule has 0 atom stereocenters.